The zero-order valence-corrected chi connectivity index (χ0v) is 14.7. The lowest BCUT2D eigenvalue weighted by atomic mass is 9.95. The number of thioether (sulfide) groups is 1. The standard InChI is InChI=1S/C21H19NO2S/c1-15(21(23)24)25-14-18-12-13-22-20(17-10-6-3-7-11-17)19(18)16-8-4-2-5-9-16/h2-13,15H,14H2,1H3,(H,23,24). The van der Waals surface area contributed by atoms with E-state index < -0.39 is 11.2 Å². The summed E-state index contributed by atoms with van der Waals surface area (Å²) in [6, 6.07) is 22.2. The van der Waals surface area contributed by atoms with Crippen LogP contribution in [0.4, 0.5) is 0 Å². The van der Waals surface area contributed by atoms with E-state index in [0.29, 0.717) is 5.75 Å². The van der Waals surface area contributed by atoms with Gasteiger partial charge in [0.2, 0.25) is 0 Å². The number of nitrogens with zero attached hydrogens (tertiary/aromatic N) is 1. The smallest absolute Gasteiger partial charge is 0.316 e. The van der Waals surface area contributed by atoms with Crippen molar-refractivity contribution in [2.45, 2.75) is 17.9 Å². The molecule has 0 aliphatic heterocycles. The number of hydrogen-bond acceptors (Lipinski definition) is 3. The molecule has 1 N–H and O–H groups in total. The van der Waals surface area contributed by atoms with E-state index in [9.17, 15) is 4.79 Å². The van der Waals surface area contributed by atoms with Crippen LogP contribution in [0.2, 0.25) is 0 Å². The third kappa shape index (κ3) is 4.09. The first-order chi connectivity index (χ1) is 12.2. The average Bonchev–Trinajstić information content (AvgIpc) is 2.67. The summed E-state index contributed by atoms with van der Waals surface area (Å²) in [6.07, 6.45) is 1.80. The lowest BCUT2D eigenvalue weighted by molar-refractivity contribution is -0.136. The third-order valence-corrected chi connectivity index (χ3v) is 5.16. The molecule has 0 saturated carbocycles. The minimum atomic E-state index is -0.788. The van der Waals surface area contributed by atoms with Crippen molar-refractivity contribution in [1.29, 1.82) is 0 Å². The molecule has 0 aliphatic rings. The molecule has 1 unspecified atom stereocenters. The van der Waals surface area contributed by atoms with Gasteiger partial charge in [0.1, 0.15) is 0 Å². The first-order valence-corrected chi connectivity index (χ1v) is 9.15. The van der Waals surface area contributed by atoms with Gasteiger partial charge in [-0.05, 0) is 24.1 Å². The molecule has 25 heavy (non-hydrogen) atoms. The molecular formula is C21H19NO2S. The fraction of sp³-hybridized carbons (Fsp3) is 0.143. The number of aliphatic carboxylic acids is 1. The van der Waals surface area contributed by atoms with Crippen LogP contribution in [0.3, 0.4) is 0 Å². The number of pyridine rings is 1. The van der Waals surface area contributed by atoms with Gasteiger partial charge in [-0.1, -0.05) is 60.7 Å². The van der Waals surface area contributed by atoms with Crippen LogP contribution < -0.4 is 0 Å². The topological polar surface area (TPSA) is 50.2 Å². The highest BCUT2D eigenvalue weighted by atomic mass is 32.2. The van der Waals surface area contributed by atoms with Crippen LogP contribution in [0.15, 0.2) is 72.9 Å². The van der Waals surface area contributed by atoms with Crippen molar-refractivity contribution in [1.82, 2.24) is 4.98 Å². The molecule has 3 rings (SSSR count). The van der Waals surface area contributed by atoms with Crippen LogP contribution in [0.5, 0.6) is 0 Å². The highest BCUT2D eigenvalue weighted by molar-refractivity contribution is 7.99. The second kappa shape index (κ2) is 7.99. The van der Waals surface area contributed by atoms with Gasteiger partial charge in [-0.2, -0.15) is 0 Å². The van der Waals surface area contributed by atoms with Gasteiger partial charge in [0, 0.05) is 23.1 Å². The van der Waals surface area contributed by atoms with E-state index in [-0.39, 0.29) is 0 Å². The quantitative estimate of drug-likeness (QED) is 0.671. The van der Waals surface area contributed by atoms with Gasteiger partial charge in [-0.25, -0.2) is 0 Å². The van der Waals surface area contributed by atoms with Crippen molar-refractivity contribution in [3.8, 4) is 22.4 Å². The number of carbonyl (C=O) groups is 1. The lowest BCUT2D eigenvalue weighted by Gasteiger charge is -2.15. The van der Waals surface area contributed by atoms with E-state index in [1.54, 1.807) is 13.1 Å². The molecule has 3 aromatic rings. The van der Waals surface area contributed by atoms with Gasteiger partial charge in [-0.3, -0.25) is 9.78 Å². The second-order valence-corrected chi connectivity index (χ2v) is 7.05. The molecular weight excluding hydrogens is 330 g/mol. The molecule has 0 fully saturated rings. The average molecular weight is 349 g/mol. The highest BCUT2D eigenvalue weighted by Gasteiger charge is 2.16. The van der Waals surface area contributed by atoms with Gasteiger partial charge in [0.05, 0.1) is 10.9 Å². The SMILES string of the molecule is CC(SCc1ccnc(-c2ccccc2)c1-c1ccccc1)C(=O)O. The molecule has 1 heterocycles. The van der Waals surface area contributed by atoms with E-state index in [2.05, 4.69) is 17.1 Å². The summed E-state index contributed by atoms with van der Waals surface area (Å²) in [5, 5.41) is 8.70. The van der Waals surface area contributed by atoms with Crippen LogP contribution in [0.1, 0.15) is 12.5 Å². The number of rotatable bonds is 6. The van der Waals surface area contributed by atoms with Gasteiger partial charge >= 0.3 is 5.97 Å². The number of benzene rings is 2. The Hall–Kier alpha value is -2.59. The van der Waals surface area contributed by atoms with Crippen LogP contribution >= 0.6 is 11.8 Å². The molecule has 1 atom stereocenters. The number of aromatic nitrogens is 1. The maximum absolute atomic E-state index is 11.1. The summed E-state index contributed by atoms with van der Waals surface area (Å²) in [7, 11) is 0. The van der Waals surface area contributed by atoms with Gasteiger partial charge in [-0.15, -0.1) is 11.8 Å². The fourth-order valence-electron chi connectivity index (χ4n) is 2.65. The Kier molecular flexibility index (Phi) is 5.51. The molecule has 3 nitrogen and oxygen atoms in total. The van der Waals surface area contributed by atoms with Crippen LogP contribution in [-0.2, 0) is 10.5 Å². The molecule has 4 heteroatoms. The first kappa shape index (κ1) is 17.2. The molecule has 1 aromatic heterocycles. The van der Waals surface area contributed by atoms with Crippen molar-refractivity contribution in [2.24, 2.45) is 0 Å². The monoisotopic (exact) mass is 349 g/mol. The van der Waals surface area contributed by atoms with E-state index in [0.717, 1.165) is 27.9 Å². The molecule has 0 aliphatic carbocycles. The van der Waals surface area contributed by atoms with E-state index in [1.165, 1.54) is 11.8 Å². The van der Waals surface area contributed by atoms with Crippen molar-refractivity contribution in [3.05, 3.63) is 78.5 Å². The predicted octanol–water partition coefficient (Wildman–Crippen LogP) is 5.12. The molecule has 0 radical (unpaired) electrons. The lowest BCUT2D eigenvalue weighted by Crippen LogP contribution is -2.11. The maximum atomic E-state index is 11.1. The van der Waals surface area contributed by atoms with Crippen molar-refractivity contribution in [2.75, 3.05) is 0 Å². The Morgan fingerprint density at radius 2 is 1.60 bits per heavy atom. The van der Waals surface area contributed by atoms with Crippen molar-refractivity contribution in [3.63, 3.8) is 0 Å². The maximum Gasteiger partial charge on any atom is 0.316 e. The second-order valence-electron chi connectivity index (χ2n) is 5.72. The summed E-state index contributed by atoms with van der Waals surface area (Å²) >= 11 is 1.42. The molecule has 126 valence electrons. The molecule has 2 aromatic carbocycles. The van der Waals surface area contributed by atoms with Gasteiger partial charge < -0.3 is 5.11 Å². The number of carboxylic acid groups (broad SMARTS) is 1. The fourth-order valence-corrected chi connectivity index (χ4v) is 3.46. The van der Waals surface area contributed by atoms with Gasteiger partial charge in [0.25, 0.3) is 0 Å². The van der Waals surface area contributed by atoms with E-state index in [4.69, 9.17) is 5.11 Å². The van der Waals surface area contributed by atoms with Crippen LogP contribution in [0, 0.1) is 0 Å². The highest BCUT2D eigenvalue weighted by Crippen LogP contribution is 2.35. The Morgan fingerprint density at radius 1 is 1.00 bits per heavy atom. The molecule has 0 bridgehead atoms. The zero-order valence-electron chi connectivity index (χ0n) is 13.9. The normalized spacial score (nSPS) is 11.9. The largest absolute Gasteiger partial charge is 0.480 e. The van der Waals surface area contributed by atoms with Crippen molar-refractivity contribution >= 4 is 17.7 Å². The Bertz CT molecular complexity index is 850. The predicted molar refractivity (Wildman–Crippen MR) is 104 cm³/mol. The van der Waals surface area contributed by atoms with Gasteiger partial charge in [0.15, 0.2) is 0 Å². The number of carboxylic acids is 1. The number of hydrogen-bond donors (Lipinski definition) is 1. The minimum absolute atomic E-state index is 0.447. The third-order valence-electron chi connectivity index (χ3n) is 3.98. The molecule has 0 spiro atoms. The first-order valence-electron chi connectivity index (χ1n) is 8.10. The van der Waals surface area contributed by atoms with Crippen LogP contribution in [0.25, 0.3) is 22.4 Å². The van der Waals surface area contributed by atoms with E-state index in [1.807, 2.05) is 54.6 Å². The summed E-state index contributed by atoms with van der Waals surface area (Å²) < 4.78 is 0. The minimum Gasteiger partial charge on any atom is -0.480 e. The summed E-state index contributed by atoms with van der Waals surface area (Å²) in [5.74, 6) is -0.163. The summed E-state index contributed by atoms with van der Waals surface area (Å²) in [5.41, 5.74) is 5.23. The summed E-state index contributed by atoms with van der Waals surface area (Å²) in [6.45, 7) is 1.72. The Morgan fingerprint density at radius 3 is 2.20 bits per heavy atom. The Balaban J connectivity index is 2.07. The molecule has 0 amide bonds. The van der Waals surface area contributed by atoms with E-state index >= 15 is 0 Å². The molecule has 0 saturated heterocycles. The Labute approximate surface area is 151 Å². The zero-order chi connectivity index (χ0) is 17.6. The van der Waals surface area contributed by atoms with Crippen LogP contribution in [-0.4, -0.2) is 21.3 Å². The summed E-state index contributed by atoms with van der Waals surface area (Å²) in [4.78, 5) is 15.8. The van der Waals surface area contributed by atoms with Crippen molar-refractivity contribution < 1.29 is 9.90 Å².